The molecule has 0 aliphatic carbocycles. The Kier molecular flexibility index (Phi) is 3.09. The monoisotopic (exact) mass is 329 g/mol. The molecule has 0 saturated carbocycles. The van der Waals surface area contributed by atoms with Crippen molar-refractivity contribution >= 4 is 54.1 Å². The molecule has 4 aromatic rings. The zero-order valence-corrected chi connectivity index (χ0v) is 12.7. The van der Waals surface area contributed by atoms with E-state index in [0.717, 1.165) is 10.2 Å². The molecular formula is C15H8FN3OS2. The second-order valence-electron chi connectivity index (χ2n) is 4.62. The predicted molar refractivity (Wildman–Crippen MR) is 87.2 cm³/mol. The summed E-state index contributed by atoms with van der Waals surface area (Å²) in [5.74, 6) is -0.556. The minimum atomic E-state index is -0.315. The molecule has 2 heterocycles. The Morgan fingerprint density at radius 2 is 1.95 bits per heavy atom. The fourth-order valence-corrected chi connectivity index (χ4v) is 3.72. The van der Waals surface area contributed by atoms with E-state index in [1.165, 1.54) is 34.8 Å². The summed E-state index contributed by atoms with van der Waals surface area (Å²) >= 11 is 2.73. The van der Waals surface area contributed by atoms with E-state index in [-0.39, 0.29) is 11.7 Å². The first-order chi connectivity index (χ1) is 10.7. The number of hydrogen-bond donors (Lipinski definition) is 1. The number of thiazole rings is 2. The Labute approximate surface area is 132 Å². The number of anilines is 1. The van der Waals surface area contributed by atoms with Crippen LogP contribution in [0.1, 0.15) is 10.4 Å². The van der Waals surface area contributed by atoms with Crippen molar-refractivity contribution < 1.29 is 9.18 Å². The smallest absolute Gasteiger partial charge is 0.257 e. The van der Waals surface area contributed by atoms with Gasteiger partial charge in [-0.25, -0.2) is 14.4 Å². The number of aromatic nitrogens is 2. The number of nitrogens with zero attached hydrogens (tertiary/aromatic N) is 2. The van der Waals surface area contributed by atoms with E-state index in [1.54, 1.807) is 23.7 Å². The quantitative estimate of drug-likeness (QED) is 0.596. The van der Waals surface area contributed by atoms with Crippen LogP contribution in [0.4, 0.5) is 9.52 Å². The minimum absolute atomic E-state index is 0.241. The van der Waals surface area contributed by atoms with Crippen molar-refractivity contribution in [2.75, 3.05) is 5.32 Å². The van der Waals surface area contributed by atoms with Crippen LogP contribution in [-0.2, 0) is 0 Å². The highest BCUT2D eigenvalue weighted by Gasteiger charge is 2.11. The summed E-state index contributed by atoms with van der Waals surface area (Å²) < 4.78 is 14.8. The Morgan fingerprint density at radius 3 is 2.86 bits per heavy atom. The van der Waals surface area contributed by atoms with Gasteiger partial charge in [0.25, 0.3) is 5.91 Å². The third-order valence-corrected chi connectivity index (χ3v) is 4.89. The van der Waals surface area contributed by atoms with E-state index in [0.29, 0.717) is 20.9 Å². The maximum absolute atomic E-state index is 13.2. The van der Waals surface area contributed by atoms with Crippen molar-refractivity contribution in [1.82, 2.24) is 9.97 Å². The van der Waals surface area contributed by atoms with Gasteiger partial charge < -0.3 is 0 Å². The van der Waals surface area contributed by atoms with Gasteiger partial charge in [0.2, 0.25) is 0 Å². The van der Waals surface area contributed by atoms with Gasteiger partial charge in [-0.1, -0.05) is 11.3 Å². The highest BCUT2D eigenvalue weighted by molar-refractivity contribution is 7.22. The number of carbonyl (C=O) groups excluding carboxylic acids is 1. The summed E-state index contributed by atoms with van der Waals surface area (Å²) in [6.45, 7) is 0. The van der Waals surface area contributed by atoms with E-state index >= 15 is 0 Å². The fourth-order valence-electron chi connectivity index (χ4n) is 2.12. The van der Waals surface area contributed by atoms with Crippen molar-refractivity contribution in [3.63, 3.8) is 0 Å². The zero-order chi connectivity index (χ0) is 15.1. The number of rotatable bonds is 2. The summed E-state index contributed by atoms with van der Waals surface area (Å²) in [5.41, 5.74) is 3.83. The lowest BCUT2D eigenvalue weighted by atomic mass is 10.2. The molecule has 0 fully saturated rings. The average Bonchev–Trinajstić information content (AvgIpc) is 3.11. The molecule has 108 valence electrons. The number of fused-ring (bicyclic) bond motifs is 2. The Bertz CT molecular complexity index is 1010. The largest absolute Gasteiger partial charge is 0.298 e. The Hall–Kier alpha value is -2.38. The molecule has 0 radical (unpaired) electrons. The lowest BCUT2D eigenvalue weighted by Gasteiger charge is -2.01. The van der Waals surface area contributed by atoms with E-state index in [2.05, 4.69) is 15.3 Å². The third kappa shape index (κ3) is 2.34. The lowest BCUT2D eigenvalue weighted by Crippen LogP contribution is -2.11. The van der Waals surface area contributed by atoms with E-state index < -0.39 is 0 Å². The Balaban J connectivity index is 1.64. The van der Waals surface area contributed by atoms with Gasteiger partial charge in [0.05, 0.1) is 25.9 Å². The first-order valence-corrected chi connectivity index (χ1v) is 8.09. The normalized spacial score (nSPS) is 11.1. The lowest BCUT2D eigenvalue weighted by molar-refractivity contribution is 0.102. The molecule has 1 amide bonds. The van der Waals surface area contributed by atoms with Crippen molar-refractivity contribution in [2.24, 2.45) is 0 Å². The van der Waals surface area contributed by atoms with Gasteiger partial charge in [-0.15, -0.1) is 11.3 Å². The maximum Gasteiger partial charge on any atom is 0.257 e. The second-order valence-corrected chi connectivity index (χ2v) is 6.54. The fraction of sp³-hybridized carbons (Fsp3) is 0. The predicted octanol–water partition coefficient (Wildman–Crippen LogP) is 4.30. The van der Waals surface area contributed by atoms with Crippen LogP contribution >= 0.6 is 22.7 Å². The number of nitrogens with one attached hydrogen (secondary N) is 1. The Morgan fingerprint density at radius 1 is 1.09 bits per heavy atom. The summed E-state index contributed by atoms with van der Waals surface area (Å²) in [4.78, 5) is 20.8. The van der Waals surface area contributed by atoms with Crippen molar-refractivity contribution in [3.05, 3.63) is 53.3 Å². The molecule has 0 spiro atoms. The van der Waals surface area contributed by atoms with Gasteiger partial charge in [-0.3, -0.25) is 10.1 Å². The summed E-state index contributed by atoms with van der Waals surface area (Å²) in [5, 5.41) is 3.21. The van der Waals surface area contributed by atoms with Gasteiger partial charge in [0.15, 0.2) is 5.13 Å². The minimum Gasteiger partial charge on any atom is -0.298 e. The van der Waals surface area contributed by atoms with Crippen LogP contribution in [-0.4, -0.2) is 15.9 Å². The molecule has 0 bridgehead atoms. The van der Waals surface area contributed by atoms with E-state index in [4.69, 9.17) is 0 Å². The van der Waals surface area contributed by atoms with Crippen molar-refractivity contribution in [1.29, 1.82) is 0 Å². The van der Waals surface area contributed by atoms with Crippen LogP contribution < -0.4 is 5.32 Å². The zero-order valence-electron chi connectivity index (χ0n) is 11.0. The standard InChI is InChI=1S/C15H8FN3OS2/c16-9-2-4-11-13(6-9)22-15(18-11)19-14(20)8-1-3-10-12(5-8)21-7-17-10/h1-7H,(H,18,19,20). The van der Waals surface area contributed by atoms with Crippen molar-refractivity contribution in [3.8, 4) is 0 Å². The SMILES string of the molecule is O=C(Nc1nc2ccc(F)cc2s1)c1ccc2ncsc2c1. The number of benzene rings is 2. The molecule has 4 nitrogen and oxygen atoms in total. The van der Waals surface area contributed by atoms with Crippen LogP contribution in [0.2, 0.25) is 0 Å². The summed E-state index contributed by atoms with van der Waals surface area (Å²) in [7, 11) is 0. The highest BCUT2D eigenvalue weighted by atomic mass is 32.1. The molecule has 2 aromatic carbocycles. The first kappa shape index (κ1) is 13.3. The van der Waals surface area contributed by atoms with Gasteiger partial charge in [-0.2, -0.15) is 0 Å². The number of hydrogen-bond acceptors (Lipinski definition) is 5. The maximum atomic E-state index is 13.2. The molecular weight excluding hydrogens is 321 g/mol. The molecule has 0 unspecified atom stereocenters. The van der Waals surface area contributed by atoms with Crippen LogP contribution in [0.3, 0.4) is 0 Å². The topological polar surface area (TPSA) is 54.9 Å². The van der Waals surface area contributed by atoms with Crippen LogP contribution in [0.15, 0.2) is 41.9 Å². The van der Waals surface area contributed by atoms with Gasteiger partial charge in [0.1, 0.15) is 5.82 Å². The molecule has 0 atom stereocenters. The molecule has 1 N–H and O–H groups in total. The molecule has 7 heteroatoms. The summed E-state index contributed by atoms with van der Waals surface area (Å²) in [6, 6.07) is 9.70. The number of halogens is 1. The van der Waals surface area contributed by atoms with E-state index in [1.807, 2.05) is 6.07 Å². The van der Waals surface area contributed by atoms with Gasteiger partial charge >= 0.3 is 0 Å². The highest BCUT2D eigenvalue weighted by Crippen LogP contribution is 2.27. The van der Waals surface area contributed by atoms with Crippen LogP contribution in [0.5, 0.6) is 0 Å². The van der Waals surface area contributed by atoms with Gasteiger partial charge in [-0.05, 0) is 36.4 Å². The molecule has 22 heavy (non-hydrogen) atoms. The number of amides is 1. The second kappa shape index (κ2) is 5.11. The number of carbonyl (C=O) groups is 1. The van der Waals surface area contributed by atoms with E-state index in [9.17, 15) is 9.18 Å². The molecule has 2 aromatic heterocycles. The first-order valence-electron chi connectivity index (χ1n) is 6.40. The summed E-state index contributed by atoms with van der Waals surface area (Å²) in [6.07, 6.45) is 0. The van der Waals surface area contributed by atoms with Gasteiger partial charge in [0, 0.05) is 5.56 Å². The molecule has 0 aliphatic heterocycles. The van der Waals surface area contributed by atoms with Crippen LogP contribution in [0, 0.1) is 5.82 Å². The average molecular weight is 329 g/mol. The van der Waals surface area contributed by atoms with Crippen LogP contribution in [0.25, 0.3) is 20.4 Å². The molecule has 0 saturated heterocycles. The molecule has 4 rings (SSSR count). The third-order valence-electron chi connectivity index (χ3n) is 3.16. The molecule has 0 aliphatic rings. The van der Waals surface area contributed by atoms with Crippen molar-refractivity contribution in [2.45, 2.75) is 0 Å².